The lowest BCUT2D eigenvalue weighted by Crippen LogP contribution is -2.14. The minimum Gasteiger partial charge on any atom is -0.325 e. The van der Waals surface area contributed by atoms with Gasteiger partial charge in [-0.1, -0.05) is 35.4 Å². The monoisotopic (exact) mass is 329 g/mol. The standard InChI is InChI=1S/C19H20ClNO2/c1-12-4-6-14(3)15(10-12)18(22)8-9-19(23)21-17-7-5-13(2)11-16(17)20/h4-7,10-11H,8-9H2,1-3H3,(H,21,23). The molecule has 0 atom stereocenters. The van der Waals surface area contributed by atoms with Gasteiger partial charge in [0.15, 0.2) is 5.78 Å². The molecular formula is C19H20ClNO2. The number of Topliss-reactive ketones (excluding diaryl/α,β-unsaturated/α-hetero) is 1. The minimum atomic E-state index is -0.214. The van der Waals surface area contributed by atoms with Crippen LogP contribution in [0.5, 0.6) is 0 Å². The van der Waals surface area contributed by atoms with E-state index in [1.807, 2.05) is 45.0 Å². The minimum absolute atomic E-state index is 0.0173. The maximum atomic E-state index is 12.3. The summed E-state index contributed by atoms with van der Waals surface area (Å²) in [5.74, 6) is -0.231. The third-order valence-corrected chi connectivity index (χ3v) is 3.98. The molecule has 0 aliphatic carbocycles. The van der Waals surface area contributed by atoms with Crippen molar-refractivity contribution < 1.29 is 9.59 Å². The number of nitrogens with one attached hydrogen (secondary N) is 1. The average molecular weight is 330 g/mol. The topological polar surface area (TPSA) is 46.2 Å². The van der Waals surface area contributed by atoms with Crippen molar-refractivity contribution in [2.75, 3.05) is 5.32 Å². The highest BCUT2D eigenvalue weighted by Gasteiger charge is 2.13. The van der Waals surface area contributed by atoms with Crippen LogP contribution < -0.4 is 5.32 Å². The number of amides is 1. The SMILES string of the molecule is Cc1ccc(NC(=O)CCC(=O)c2cc(C)ccc2C)c(Cl)c1. The summed E-state index contributed by atoms with van der Waals surface area (Å²) >= 11 is 6.09. The van der Waals surface area contributed by atoms with Gasteiger partial charge in [0.1, 0.15) is 0 Å². The van der Waals surface area contributed by atoms with Crippen LogP contribution in [0, 0.1) is 20.8 Å². The van der Waals surface area contributed by atoms with E-state index in [1.165, 1.54) is 0 Å². The molecule has 0 heterocycles. The van der Waals surface area contributed by atoms with Crippen LogP contribution in [0.25, 0.3) is 0 Å². The number of benzene rings is 2. The third kappa shape index (κ3) is 4.67. The average Bonchev–Trinajstić information content (AvgIpc) is 2.50. The molecule has 23 heavy (non-hydrogen) atoms. The number of aryl methyl sites for hydroxylation is 3. The molecule has 2 aromatic rings. The predicted octanol–water partition coefficient (Wildman–Crippen LogP) is 4.87. The van der Waals surface area contributed by atoms with Crippen molar-refractivity contribution in [3.63, 3.8) is 0 Å². The molecule has 0 saturated carbocycles. The molecule has 4 heteroatoms. The summed E-state index contributed by atoms with van der Waals surface area (Å²) in [4.78, 5) is 24.3. The lowest BCUT2D eigenvalue weighted by atomic mass is 9.99. The summed E-state index contributed by atoms with van der Waals surface area (Å²) in [5.41, 5.74) is 4.25. The number of halogens is 1. The second-order valence-corrected chi connectivity index (χ2v) is 6.18. The van der Waals surface area contributed by atoms with Gasteiger partial charge in [0.05, 0.1) is 10.7 Å². The first kappa shape index (κ1) is 17.2. The highest BCUT2D eigenvalue weighted by Crippen LogP contribution is 2.23. The molecule has 0 radical (unpaired) electrons. The highest BCUT2D eigenvalue weighted by molar-refractivity contribution is 6.33. The smallest absolute Gasteiger partial charge is 0.224 e. The van der Waals surface area contributed by atoms with Crippen LogP contribution in [0.4, 0.5) is 5.69 Å². The van der Waals surface area contributed by atoms with Crippen LogP contribution in [0.3, 0.4) is 0 Å². The van der Waals surface area contributed by atoms with Crippen LogP contribution in [-0.2, 0) is 4.79 Å². The van der Waals surface area contributed by atoms with Gasteiger partial charge in [0, 0.05) is 18.4 Å². The van der Waals surface area contributed by atoms with Gasteiger partial charge >= 0.3 is 0 Å². The van der Waals surface area contributed by atoms with Crippen molar-refractivity contribution in [3.05, 3.63) is 63.7 Å². The zero-order valence-corrected chi connectivity index (χ0v) is 14.3. The molecular weight excluding hydrogens is 310 g/mol. The Morgan fingerprint density at radius 1 is 0.957 bits per heavy atom. The van der Waals surface area contributed by atoms with Gasteiger partial charge in [0.25, 0.3) is 0 Å². The third-order valence-electron chi connectivity index (χ3n) is 3.67. The summed E-state index contributed by atoms with van der Waals surface area (Å²) in [5, 5.41) is 3.25. The molecule has 0 fully saturated rings. The maximum Gasteiger partial charge on any atom is 0.224 e. The quantitative estimate of drug-likeness (QED) is 0.796. The Morgan fingerprint density at radius 3 is 2.30 bits per heavy atom. The first-order valence-corrected chi connectivity index (χ1v) is 7.91. The maximum absolute atomic E-state index is 12.3. The molecule has 0 unspecified atom stereocenters. The number of hydrogen-bond donors (Lipinski definition) is 1. The Labute approximate surface area is 141 Å². The van der Waals surface area contributed by atoms with Crippen molar-refractivity contribution >= 4 is 29.0 Å². The van der Waals surface area contributed by atoms with Crippen LogP contribution in [-0.4, -0.2) is 11.7 Å². The molecule has 3 nitrogen and oxygen atoms in total. The first-order valence-electron chi connectivity index (χ1n) is 7.53. The molecule has 0 aromatic heterocycles. The Bertz CT molecular complexity index is 753. The Hall–Kier alpha value is -2.13. The van der Waals surface area contributed by atoms with Crippen molar-refractivity contribution in [3.8, 4) is 0 Å². The number of rotatable bonds is 5. The van der Waals surface area contributed by atoms with Crippen molar-refractivity contribution in [1.29, 1.82) is 0 Å². The van der Waals surface area contributed by atoms with Crippen LogP contribution in [0.1, 0.15) is 39.9 Å². The summed E-state index contributed by atoms with van der Waals surface area (Å²) < 4.78 is 0. The van der Waals surface area contributed by atoms with Gasteiger partial charge < -0.3 is 5.32 Å². The summed E-state index contributed by atoms with van der Waals surface area (Å²) in [6, 6.07) is 11.2. The van der Waals surface area contributed by atoms with Crippen LogP contribution in [0.2, 0.25) is 5.02 Å². The van der Waals surface area contributed by atoms with Gasteiger partial charge in [-0.15, -0.1) is 0 Å². The van der Waals surface area contributed by atoms with E-state index in [1.54, 1.807) is 12.1 Å². The van der Waals surface area contributed by atoms with E-state index in [0.29, 0.717) is 16.3 Å². The molecule has 1 N–H and O–H groups in total. The normalized spacial score (nSPS) is 10.4. The van der Waals surface area contributed by atoms with E-state index >= 15 is 0 Å². The highest BCUT2D eigenvalue weighted by atomic mass is 35.5. The number of anilines is 1. The number of carbonyl (C=O) groups excluding carboxylic acids is 2. The molecule has 0 bridgehead atoms. The second kappa shape index (κ2) is 7.42. The van der Waals surface area contributed by atoms with Crippen molar-refractivity contribution in [2.45, 2.75) is 33.6 Å². The molecule has 120 valence electrons. The van der Waals surface area contributed by atoms with E-state index in [-0.39, 0.29) is 24.5 Å². The van der Waals surface area contributed by atoms with E-state index in [9.17, 15) is 9.59 Å². The van der Waals surface area contributed by atoms with E-state index < -0.39 is 0 Å². The zero-order valence-electron chi connectivity index (χ0n) is 13.6. The Balaban J connectivity index is 1.96. The Kier molecular flexibility index (Phi) is 5.56. The molecule has 1 amide bonds. The number of hydrogen-bond acceptors (Lipinski definition) is 2. The lowest BCUT2D eigenvalue weighted by molar-refractivity contribution is -0.116. The fourth-order valence-electron chi connectivity index (χ4n) is 2.33. The summed E-state index contributed by atoms with van der Waals surface area (Å²) in [6.45, 7) is 5.78. The van der Waals surface area contributed by atoms with E-state index in [0.717, 1.165) is 16.7 Å². The summed E-state index contributed by atoms with van der Waals surface area (Å²) in [7, 11) is 0. The van der Waals surface area contributed by atoms with E-state index in [4.69, 9.17) is 11.6 Å². The largest absolute Gasteiger partial charge is 0.325 e. The first-order chi connectivity index (χ1) is 10.9. The van der Waals surface area contributed by atoms with Gasteiger partial charge in [0.2, 0.25) is 5.91 Å². The van der Waals surface area contributed by atoms with E-state index in [2.05, 4.69) is 5.32 Å². The number of ketones is 1. The van der Waals surface area contributed by atoms with Gasteiger partial charge in [-0.05, 0) is 50.1 Å². The lowest BCUT2D eigenvalue weighted by Gasteiger charge is -2.09. The van der Waals surface area contributed by atoms with Gasteiger partial charge in [-0.25, -0.2) is 0 Å². The fourth-order valence-corrected chi connectivity index (χ4v) is 2.61. The van der Waals surface area contributed by atoms with Crippen molar-refractivity contribution in [2.24, 2.45) is 0 Å². The molecule has 2 rings (SSSR count). The fraction of sp³-hybridized carbons (Fsp3) is 0.263. The van der Waals surface area contributed by atoms with Gasteiger partial charge in [-0.2, -0.15) is 0 Å². The Morgan fingerprint density at radius 2 is 1.61 bits per heavy atom. The number of carbonyl (C=O) groups is 2. The van der Waals surface area contributed by atoms with Crippen LogP contribution >= 0.6 is 11.6 Å². The predicted molar refractivity (Wildman–Crippen MR) is 94.3 cm³/mol. The van der Waals surface area contributed by atoms with Crippen LogP contribution in [0.15, 0.2) is 36.4 Å². The second-order valence-electron chi connectivity index (χ2n) is 5.77. The molecule has 0 saturated heterocycles. The molecule has 0 aliphatic heterocycles. The summed E-state index contributed by atoms with van der Waals surface area (Å²) in [6.07, 6.45) is 0.316. The molecule has 0 spiro atoms. The molecule has 2 aromatic carbocycles. The zero-order chi connectivity index (χ0) is 17.0. The van der Waals surface area contributed by atoms with Crippen molar-refractivity contribution in [1.82, 2.24) is 0 Å². The van der Waals surface area contributed by atoms with Gasteiger partial charge in [-0.3, -0.25) is 9.59 Å². The molecule has 0 aliphatic rings.